The van der Waals surface area contributed by atoms with Gasteiger partial charge in [0.2, 0.25) is 0 Å². The van der Waals surface area contributed by atoms with Gasteiger partial charge in [0.1, 0.15) is 0 Å². The van der Waals surface area contributed by atoms with Crippen molar-refractivity contribution in [1.29, 1.82) is 0 Å². The molecule has 1 fully saturated rings. The lowest BCUT2D eigenvalue weighted by Gasteiger charge is -2.36. The van der Waals surface area contributed by atoms with Crippen molar-refractivity contribution in [3.8, 4) is 0 Å². The maximum atomic E-state index is 13.0. The van der Waals surface area contributed by atoms with Gasteiger partial charge in [-0.1, -0.05) is 53.5 Å². The topological polar surface area (TPSA) is 43.9 Å². The van der Waals surface area contributed by atoms with Gasteiger partial charge in [-0.05, 0) is 49.0 Å². The summed E-state index contributed by atoms with van der Waals surface area (Å²) in [7, 11) is 0. The molecule has 0 aliphatic carbocycles. The molecule has 2 aliphatic rings. The van der Waals surface area contributed by atoms with E-state index in [0.29, 0.717) is 27.7 Å². The largest absolute Gasteiger partial charge is 0.368 e. The molecule has 0 spiro atoms. The summed E-state index contributed by atoms with van der Waals surface area (Å²) in [5.41, 5.74) is 2.23. The van der Waals surface area contributed by atoms with Crippen LogP contribution in [0.3, 0.4) is 0 Å². The van der Waals surface area contributed by atoms with Crippen molar-refractivity contribution in [2.75, 3.05) is 44.2 Å². The molecule has 0 aromatic heterocycles. The number of carbonyl (C=O) groups is 2. The smallest absolute Gasteiger partial charge is 0.261 e. The Balaban J connectivity index is 0.00000274. The van der Waals surface area contributed by atoms with E-state index in [0.717, 1.165) is 62.0 Å². The molecule has 0 atom stereocenters. The Kier molecular flexibility index (Phi) is 7.68. The van der Waals surface area contributed by atoms with Crippen molar-refractivity contribution >= 4 is 63.9 Å². The van der Waals surface area contributed by atoms with Crippen molar-refractivity contribution in [2.45, 2.75) is 12.8 Å². The Labute approximate surface area is 215 Å². The van der Waals surface area contributed by atoms with Gasteiger partial charge in [0.15, 0.2) is 0 Å². The second-order valence-corrected chi connectivity index (χ2v) is 9.37. The summed E-state index contributed by atoms with van der Waals surface area (Å²) in [6.07, 6.45) is 1.72. The summed E-state index contributed by atoms with van der Waals surface area (Å²) in [6, 6.07) is 17.0. The van der Waals surface area contributed by atoms with Crippen LogP contribution in [-0.2, 0) is 0 Å². The molecule has 5 nitrogen and oxygen atoms in total. The predicted octanol–water partition coefficient (Wildman–Crippen LogP) is 5.77. The van der Waals surface area contributed by atoms with Crippen molar-refractivity contribution in [3.63, 3.8) is 0 Å². The quantitative estimate of drug-likeness (QED) is 0.307. The SMILES string of the molecule is Cl.O=C1c2cccc3cccc(c23)C(=O)N1CCCCN1CCN(c2cccc(Cl)c2Cl)CC1. The highest BCUT2D eigenvalue weighted by Gasteiger charge is 2.32. The molecular weight excluding hydrogens is 493 g/mol. The number of anilines is 1. The van der Waals surface area contributed by atoms with E-state index in [-0.39, 0.29) is 24.2 Å². The number of nitrogens with zero attached hydrogens (tertiary/aromatic N) is 3. The fourth-order valence-corrected chi connectivity index (χ4v) is 5.25. The highest BCUT2D eigenvalue weighted by molar-refractivity contribution is 6.43. The van der Waals surface area contributed by atoms with Crippen LogP contribution in [0.25, 0.3) is 10.8 Å². The first-order valence-corrected chi connectivity index (χ1v) is 12.1. The summed E-state index contributed by atoms with van der Waals surface area (Å²) in [4.78, 5) is 32.1. The maximum Gasteiger partial charge on any atom is 0.261 e. The van der Waals surface area contributed by atoms with Gasteiger partial charge in [-0.15, -0.1) is 12.4 Å². The van der Waals surface area contributed by atoms with Crippen molar-refractivity contribution in [2.24, 2.45) is 0 Å². The molecule has 0 N–H and O–H groups in total. The zero-order chi connectivity index (χ0) is 22.9. The molecule has 2 aliphatic heterocycles. The number of unbranched alkanes of at least 4 members (excludes halogenated alkanes) is 1. The van der Waals surface area contributed by atoms with Gasteiger partial charge < -0.3 is 4.90 Å². The zero-order valence-corrected chi connectivity index (χ0v) is 21.0. The lowest BCUT2D eigenvalue weighted by atomic mass is 9.94. The lowest BCUT2D eigenvalue weighted by molar-refractivity contribution is 0.0606. The third-order valence-corrected chi connectivity index (χ3v) is 7.41. The molecule has 2 heterocycles. The minimum absolute atomic E-state index is 0. The number of carbonyl (C=O) groups excluding carboxylic acids is 2. The zero-order valence-electron chi connectivity index (χ0n) is 18.7. The number of rotatable bonds is 6. The molecule has 3 aromatic rings. The predicted molar refractivity (Wildman–Crippen MR) is 141 cm³/mol. The van der Waals surface area contributed by atoms with E-state index in [4.69, 9.17) is 23.2 Å². The molecule has 0 bridgehead atoms. The van der Waals surface area contributed by atoms with Crippen LogP contribution in [0.1, 0.15) is 33.6 Å². The molecule has 0 unspecified atom stereocenters. The molecule has 5 rings (SSSR count). The summed E-state index contributed by atoms with van der Waals surface area (Å²) in [6.45, 7) is 5.06. The number of benzene rings is 3. The van der Waals surface area contributed by atoms with Gasteiger partial charge in [0.25, 0.3) is 11.8 Å². The maximum absolute atomic E-state index is 13.0. The standard InChI is InChI=1S/C26H25Cl2N3O2.ClH/c27-21-10-5-11-22(24(21)28)30-16-14-29(15-17-30)12-1-2-13-31-25(32)19-8-3-6-18-7-4-9-20(23(18)19)26(31)33;/h3-11H,1-2,12-17H2;1H. The average Bonchev–Trinajstić information content (AvgIpc) is 2.84. The summed E-state index contributed by atoms with van der Waals surface area (Å²) in [5.74, 6) is -0.368. The van der Waals surface area contributed by atoms with E-state index in [1.165, 1.54) is 4.90 Å². The number of hydrogen-bond donors (Lipinski definition) is 0. The first kappa shape index (κ1) is 24.8. The van der Waals surface area contributed by atoms with Crippen molar-refractivity contribution < 1.29 is 9.59 Å². The van der Waals surface area contributed by atoms with Gasteiger partial charge in [0, 0.05) is 49.2 Å². The van der Waals surface area contributed by atoms with Gasteiger partial charge in [0.05, 0.1) is 15.7 Å². The Morgan fingerprint density at radius 1 is 0.735 bits per heavy atom. The second-order valence-electron chi connectivity index (χ2n) is 8.58. The van der Waals surface area contributed by atoms with E-state index >= 15 is 0 Å². The Bertz CT molecular complexity index is 1170. The van der Waals surface area contributed by atoms with Crippen LogP contribution in [-0.4, -0.2) is 60.9 Å². The van der Waals surface area contributed by atoms with Crippen LogP contribution in [0, 0.1) is 0 Å². The van der Waals surface area contributed by atoms with E-state index < -0.39 is 0 Å². The highest BCUT2D eigenvalue weighted by atomic mass is 35.5. The van der Waals surface area contributed by atoms with Crippen LogP contribution in [0.5, 0.6) is 0 Å². The molecule has 34 heavy (non-hydrogen) atoms. The molecule has 1 saturated heterocycles. The molecule has 2 amide bonds. The number of hydrogen-bond acceptors (Lipinski definition) is 4. The summed E-state index contributed by atoms with van der Waals surface area (Å²) >= 11 is 12.5. The van der Waals surface area contributed by atoms with Crippen molar-refractivity contribution in [3.05, 3.63) is 75.8 Å². The average molecular weight is 519 g/mol. The van der Waals surface area contributed by atoms with Crippen LogP contribution < -0.4 is 4.90 Å². The van der Waals surface area contributed by atoms with Crippen LogP contribution in [0.15, 0.2) is 54.6 Å². The molecule has 8 heteroatoms. The number of amides is 2. The number of imide groups is 1. The minimum atomic E-state index is -0.184. The van der Waals surface area contributed by atoms with E-state index in [1.807, 2.05) is 48.5 Å². The fourth-order valence-electron chi connectivity index (χ4n) is 4.84. The molecule has 178 valence electrons. The lowest BCUT2D eigenvalue weighted by Crippen LogP contribution is -2.47. The van der Waals surface area contributed by atoms with Gasteiger partial charge in [-0.3, -0.25) is 19.4 Å². The summed E-state index contributed by atoms with van der Waals surface area (Å²) in [5, 5.41) is 2.91. The second kappa shape index (κ2) is 10.5. The molecule has 0 saturated carbocycles. The fraction of sp³-hybridized carbons (Fsp3) is 0.308. The van der Waals surface area contributed by atoms with Crippen molar-refractivity contribution in [1.82, 2.24) is 9.80 Å². The Morgan fingerprint density at radius 3 is 1.97 bits per heavy atom. The van der Waals surface area contributed by atoms with E-state index in [9.17, 15) is 9.59 Å². The third-order valence-electron chi connectivity index (χ3n) is 6.61. The molecular formula is C26H26Cl3N3O2. The Morgan fingerprint density at radius 2 is 1.32 bits per heavy atom. The summed E-state index contributed by atoms with van der Waals surface area (Å²) < 4.78 is 0. The van der Waals surface area contributed by atoms with Gasteiger partial charge >= 0.3 is 0 Å². The normalized spacial score (nSPS) is 16.2. The number of halogens is 3. The molecule has 3 aromatic carbocycles. The monoisotopic (exact) mass is 517 g/mol. The number of piperazine rings is 1. The third kappa shape index (κ3) is 4.63. The highest BCUT2D eigenvalue weighted by Crippen LogP contribution is 2.33. The first-order chi connectivity index (χ1) is 16.0. The van der Waals surface area contributed by atoms with E-state index in [1.54, 1.807) is 6.07 Å². The van der Waals surface area contributed by atoms with Gasteiger partial charge in [-0.2, -0.15) is 0 Å². The van der Waals surface area contributed by atoms with Crippen LogP contribution in [0.2, 0.25) is 10.0 Å². The van der Waals surface area contributed by atoms with Crippen LogP contribution in [0.4, 0.5) is 5.69 Å². The Hall–Kier alpha value is -2.31. The minimum Gasteiger partial charge on any atom is -0.368 e. The van der Waals surface area contributed by atoms with Gasteiger partial charge in [-0.25, -0.2) is 0 Å². The first-order valence-electron chi connectivity index (χ1n) is 11.3. The van der Waals surface area contributed by atoms with E-state index in [2.05, 4.69) is 9.80 Å². The molecule has 0 radical (unpaired) electrons. The van der Waals surface area contributed by atoms with Crippen LogP contribution >= 0.6 is 35.6 Å².